The Bertz CT molecular complexity index is 957. The molecule has 34 heavy (non-hydrogen) atoms. The van der Waals surface area contributed by atoms with E-state index in [-0.39, 0.29) is 17.2 Å². The highest BCUT2D eigenvalue weighted by Gasteiger charge is 2.42. The molecule has 1 amide bonds. The zero-order chi connectivity index (χ0) is 23.5. The molecular weight excluding hydrogens is 442 g/mol. The molecule has 0 spiro atoms. The highest BCUT2D eigenvalue weighted by molar-refractivity contribution is 8.00. The topological polar surface area (TPSA) is 63.1 Å². The number of rotatable bonds is 9. The predicted octanol–water partition coefficient (Wildman–Crippen LogP) is 4.73. The summed E-state index contributed by atoms with van der Waals surface area (Å²) in [6.45, 7) is 8.01. The molecule has 0 radical (unpaired) electrons. The van der Waals surface area contributed by atoms with Crippen LogP contribution in [-0.2, 0) is 17.9 Å². The molecular formula is C27H39N5OS. The highest BCUT2D eigenvalue weighted by Crippen LogP contribution is 2.49. The van der Waals surface area contributed by atoms with Gasteiger partial charge >= 0.3 is 0 Å². The second-order valence-corrected chi connectivity index (χ2v) is 12.0. The summed E-state index contributed by atoms with van der Waals surface area (Å²) >= 11 is 1.54. The van der Waals surface area contributed by atoms with Gasteiger partial charge in [-0.1, -0.05) is 54.9 Å². The summed E-state index contributed by atoms with van der Waals surface area (Å²) in [6.07, 6.45) is 9.24. The summed E-state index contributed by atoms with van der Waals surface area (Å²) in [5, 5.41) is 13.1. The molecule has 1 aromatic carbocycles. The lowest BCUT2D eigenvalue weighted by Crippen LogP contribution is -2.43. The standard InChI is InChI=1S/C27H39N5OS/c1-19(24-16-22-11-12-23(24)15-22)28-26(33)20(2)34-27-30-29-25(18-31-13-7-4-8-14-31)32(27)17-21-9-5-3-6-10-21/h3,5-6,9-10,19-20,22-24H,4,7-8,11-18H2,1-2H3,(H,28,33)/t19-,20+,22+,23+,24+/m1/s1. The van der Waals surface area contributed by atoms with Crippen molar-refractivity contribution in [1.82, 2.24) is 25.0 Å². The molecule has 2 heterocycles. The Morgan fingerprint density at radius 1 is 1.06 bits per heavy atom. The van der Waals surface area contributed by atoms with Crippen molar-refractivity contribution in [3.63, 3.8) is 0 Å². The summed E-state index contributed by atoms with van der Waals surface area (Å²) in [4.78, 5) is 15.6. The molecule has 6 nitrogen and oxygen atoms in total. The smallest absolute Gasteiger partial charge is 0.233 e. The fourth-order valence-corrected chi connectivity index (χ4v) is 7.21. The Labute approximate surface area is 208 Å². The van der Waals surface area contributed by atoms with Gasteiger partial charge in [0.1, 0.15) is 5.82 Å². The molecule has 1 aliphatic heterocycles. The quantitative estimate of drug-likeness (QED) is 0.525. The minimum Gasteiger partial charge on any atom is -0.352 e. The molecule has 1 saturated heterocycles. The van der Waals surface area contributed by atoms with E-state index in [9.17, 15) is 4.79 Å². The van der Waals surface area contributed by atoms with E-state index in [2.05, 4.69) is 56.2 Å². The summed E-state index contributed by atoms with van der Waals surface area (Å²) in [5.41, 5.74) is 1.23. The number of amides is 1. The maximum absolute atomic E-state index is 13.1. The van der Waals surface area contributed by atoms with Gasteiger partial charge in [0.05, 0.1) is 18.3 Å². The summed E-state index contributed by atoms with van der Waals surface area (Å²) in [5.74, 6) is 3.48. The van der Waals surface area contributed by atoms with Crippen LogP contribution in [0.15, 0.2) is 35.5 Å². The number of carbonyl (C=O) groups is 1. The fourth-order valence-electron chi connectivity index (χ4n) is 6.33. The van der Waals surface area contributed by atoms with Crippen molar-refractivity contribution in [3.05, 3.63) is 41.7 Å². The molecule has 2 aromatic rings. The first-order valence-corrected chi connectivity index (χ1v) is 14.1. The Kier molecular flexibility index (Phi) is 7.59. The van der Waals surface area contributed by atoms with Gasteiger partial charge in [-0.3, -0.25) is 9.69 Å². The van der Waals surface area contributed by atoms with Crippen LogP contribution in [0.1, 0.15) is 70.2 Å². The highest BCUT2D eigenvalue weighted by atomic mass is 32.2. The minimum absolute atomic E-state index is 0.118. The molecule has 2 bridgehead atoms. The summed E-state index contributed by atoms with van der Waals surface area (Å²) in [7, 11) is 0. The van der Waals surface area contributed by atoms with Gasteiger partial charge in [-0.25, -0.2) is 0 Å². The van der Waals surface area contributed by atoms with Crippen LogP contribution in [0.4, 0.5) is 0 Å². The molecule has 3 fully saturated rings. The van der Waals surface area contributed by atoms with E-state index >= 15 is 0 Å². The number of thioether (sulfide) groups is 1. The van der Waals surface area contributed by atoms with Gasteiger partial charge in [0.15, 0.2) is 5.16 Å². The van der Waals surface area contributed by atoms with Gasteiger partial charge in [-0.2, -0.15) is 0 Å². The van der Waals surface area contributed by atoms with Crippen LogP contribution < -0.4 is 5.32 Å². The monoisotopic (exact) mass is 481 g/mol. The Balaban J connectivity index is 1.26. The lowest BCUT2D eigenvalue weighted by molar-refractivity contribution is -0.121. The van der Waals surface area contributed by atoms with Gasteiger partial charge in [0.2, 0.25) is 5.91 Å². The summed E-state index contributed by atoms with van der Waals surface area (Å²) < 4.78 is 2.22. The number of hydrogen-bond acceptors (Lipinski definition) is 5. The van der Waals surface area contributed by atoms with Crippen molar-refractivity contribution >= 4 is 17.7 Å². The van der Waals surface area contributed by atoms with Crippen molar-refractivity contribution in [2.24, 2.45) is 17.8 Å². The maximum Gasteiger partial charge on any atom is 0.233 e. The third kappa shape index (κ3) is 5.51. The van der Waals surface area contributed by atoms with E-state index in [4.69, 9.17) is 0 Å². The van der Waals surface area contributed by atoms with Crippen molar-refractivity contribution in [3.8, 4) is 0 Å². The Hall–Kier alpha value is -1.86. The third-order valence-electron chi connectivity index (χ3n) is 8.25. The Morgan fingerprint density at radius 3 is 2.56 bits per heavy atom. The van der Waals surface area contributed by atoms with Crippen LogP contribution in [0.3, 0.4) is 0 Å². The normalized spacial score (nSPS) is 26.5. The average molecular weight is 482 g/mol. The first-order chi connectivity index (χ1) is 16.6. The number of fused-ring (bicyclic) bond motifs is 2. The number of nitrogens with zero attached hydrogens (tertiary/aromatic N) is 4. The number of likely N-dealkylation sites (tertiary alicyclic amines) is 1. The van der Waals surface area contributed by atoms with Gasteiger partial charge in [-0.05, 0) is 82.4 Å². The minimum atomic E-state index is -0.206. The number of nitrogens with one attached hydrogen (secondary N) is 1. The number of hydrogen-bond donors (Lipinski definition) is 1. The van der Waals surface area contributed by atoms with E-state index in [1.165, 1.54) is 62.3 Å². The van der Waals surface area contributed by atoms with Crippen LogP contribution in [0, 0.1) is 17.8 Å². The molecule has 5 rings (SSSR count). The van der Waals surface area contributed by atoms with Gasteiger partial charge < -0.3 is 9.88 Å². The number of carbonyl (C=O) groups excluding carboxylic acids is 1. The van der Waals surface area contributed by atoms with Crippen LogP contribution >= 0.6 is 11.8 Å². The first kappa shape index (κ1) is 23.9. The van der Waals surface area contributed by atoms with E-state index in [0.717, 1.165) is 49.0 Å². The third-order valence-corrected chi connectivity index (χ3v) is 9.33. The van der Waals surface area contributed by atoms with Crippen LogP contribution in [0.25, 0.3) is 0 Å². The van der Waals surface area contributed by atoms with Crippen LogP contribution in [-0.4, -0.2) is 50.0 Å². The number of benzene rings is 1. The molecule has 5 atom stereocenters. The number of piperidine rings is 1. The van der Waals surface area contributed by atoms with Crippen molar-refractivity contribution in [2.45, 2.75) is 88.3 Å². The molecule has 1 N–H and O–H groups in total. The van der Waals surface area contributed by atoms with Crippen molar-refractivity contribution in [1.29, 1.82) is 0 Å². The summed E-state index contributed by atoms with van der Waals surface area (Å²) in [6, 6.07) is 10.7. The van der Waals surface area contributed by atoms with E-state index in [0.29, 0.717) is 5.92 Å². The lowest BCUT2D eigenvalue weighted by Gasteiger charge is -2.29. The molecule has 2 aliphatic carbocycles. The molecule has 0 unspecified atom stereocenters. The molecule has 2 saturated carbocycles. The van der Waals surface area contributed by atoms with Crippen molar-refractivity contribution in [2.75, 3.05) is 13.1 Å². The van der Waals surface area contributed by atoms with E-state index < -0.39 is 0 Å². The number of aromatic nitrogens is 3. The zero-order valence-electron chi connectivity index (χ0n) is 20.7. The zero-order valence-corrected chi connectivity index (χ0v) is 21.5. The average Bonchev–Trinajstić information content (AvgIpc) is 3.58. The van der Waals surface area contributed by atoms with Crippen molar-refractivity contribution < 1.29 is 4.79 Å². The van der Waals surface area contributed by atoms with E-state index in [1.54, 1.807) is 0 Å². The molecule has 7 heteroatoms. The maximum atomic E-state index is 13.1. The van der Waals surface area contributed by atoms with Crippen LogP contribution in [0.5, 0.6) is 0 Å². The molecule has 184 valence electrons. The first-order valence-electron chi connectivity index (χ1n) is 13.2. The SMILES string of the molecule is C[C@H](Sc1nnc(CN2CCCCC2)n1Cc1ccccc1)C(=O)N[C@H](C)[C@@H]1C[C@H]2CC[C@H]1C2. The lowest BCUT2D eigenvalue weighted by atomic mass is 9.84. The van der Waals surface area contributed by atoms with E-state index in [1.807, 2.05) is 13.0 Å². The predicted molar refractivity (Wildman–Crippen MR) is 137 cm³/mol. The second-order valence-electron chi connectivity index (χ2n) is 10.7. The van der Waals surface area contributed by atoms with Crippen LogP contribution in [0.2, 0.25) is 0 Å². The molecule has 1 aromatic heterocycles. The van der Waals surface area contributed by atoms with Gasteiger partial charge in [0.25, 0.3) is 0 Å². The van der Waals surface area contributed by atoms with Gasteiger partial charge in [-0.15, -0.1) is 10.2 Å². The largest absolute Gasteiger partial charge is 0.352 e. The Morgan fingerprint density at radius 2 is 1.85 bits per heavy atom. The molecule has 3 aliphatic rings. The fraction of sp³-hybridized carbons (Fsp3) is 0.667. The second kappa shape index (κ2) is 10.8. The van der Waals surface area contributed by atoms with Gasteiger partial charge in [0, 0.05) is 6.04 Å².